The van der Waals surface area contributed by atoms with Crippen molar-refractivity contribution in [3.63, 3.8) is 0 Å². The SMILES string of the molecule is NCCCC[C@H](N)C(=O)C(CNOCc1ccccc1)(C(=O)O)C(=O)OCc1ccccc1. The van der Waals surface area contributed by atoms with Crippen molar-refractivity contribution in [3.8, 4) is 0 Å². The number of carbonyl (C=O) groups excluding carboxylic acids is 2. The van der Waals surface area contributed by atoms with Crippen molar-refractivity contribution in [1.29, 1.82) is 0 Å². The smallest absolute Gasteiger partial charge is 0.333 e. The molecule has 2 aromatic rings. The quantitative estimate of drug-likeness (QED) is 0.135. The van der Waals surface area contributed by atoms with Crippen molar-refractivity contribution in [3.05, 3.63) is 71.8 Å². The van der Waals surface area contributed by atoms with Gasteiger partial charge in [0.15, 0.2) is 5.78 Å². The van der Waals surface area contributed by atoms with E-state index in [0.29, 0.717) is 24.9 Å². The molecule has 9 nitrogen and oxygen atoms in total. The van der Waals surface area contributed by atoms with Gasteiger partial charge in [-0.05, 0) is 30.5 Å². The van der Waals surface area contributed by atoms with E-state index < -0.39 is 35.7 Å². The van der Waals surface area contributed by atoms with Crippen molar-refractivity contribution >= 4 is 17.7 Å². The summed E-state index contributed by atoms with van der Waals surface area (Å²) in [5.74, 6) is -3.80. The Kier molecular flexibility index (Phi) is 10.6. The van der Waals surface area contributed by atoms with Crippen molar-refractivity contribution < 1.29 is 29.1 Å². The predicted molar refractivity (Wildman–Crippen MR) is 121 cm³/mol. The van der Waals surface area contributed by atoms with Gasteiger partial charge in [0.1, 0.15) is 6.61 Å². The first kappa shape index (κ1) is 26.1. The van der Waals surface area contributed by atoms with E-state index in [9.17, 15) is 19.5 Å². The highest BCUT2D eigenvalue weighted by molar-refractivity contribution is 6.21. The standard InChI is InChI=1S/C24H31N3O6/c25-14-8-7-13-20(26)21(28)24(22(29)30,17-27-33-16-19-11-5-2-6-12-19)23(31)32-15-18-9-3-1-4-10-18/h1-6,9-12,20,27H,7-8,13-17,25-26H2,(H,29,30)/t20-,24?/m0/s1. The number of benzene rings is 2. The molecule has 9 heteroatoms. The first-order valence-electron chi connectivity index (χ1n) is 10.7. The van der Waals surface area contributed by atoms with E-state index in [1.807, 2.05) is 30.3 Å². The van der Waals surface area contributed by atoms with Gasteiger partial charge in [0.2, 0.25) is 5.41 Å². The van der Waals surface area contributed by atoms with Gasteiger partial charge in [0.25, 0.3) is 0 Å². The van der Waals surface area contributed by atoms with Gasteiger partial charge in [-0.3, -0.25) is 19.2 Å². The van der Waals surface area contributed by atoms with Crippen LogP contribution in [-0.2, 0) is 37.2 Å². The van der Waals surface area contributed by atoms with Gasteiger partial charge < -0.3 is 21.3 Å². The number of hydrogen-bond acceptors (Lipinski definition) is 8. The zero-order valence-electron chi connectivity index (χ0n) is 18.4. The first-order chi connectivity index (χ1) is 15.9. The first-order valence-corrected chi connectivity index (χ1v) is 10.7. The van der Waals surface area contributed by atoms with Crippen molar-refractivity contribution in [2.45, 2.75) is 38.5 Å². The molecule has 0 saturated carbocycles. The molecule has 0 aromatic heterocycles. The highest BCUT2D eigenvalue weighted by Crippen LogP contribution is 2.25. The molecule has 2 aromatic carbocycles. The maximum Gasteiger partial charge on any atom is 0.333 e. The Labute approximate surface area is 193 Å². The second-order valence-corrected chi connectivity index (χ2v) is 7.62. The van der Waals surface area contributed by atoms with Crippen LogP contribution < -0.4 is 16.9 Å². The average molecular weight is 458 g/mol. The lowest BCUT2D eigenvalue weighted by Gasteiger charge is -2.28. The Morgan fingerprint density at radius 2 is 1.52 bits per heavy atom. The maximum absolute atomic E-state index is 13.2. The Morgan fingerprint density at radius 3 is 2.06 bits per heavy atom. The normalized spacial score (nSPS) is 13.6. The Hall–Kier alpha value is -3.11. The topological polar surface area (TPSA) is 154 Å². The monoisotopic (exact) mass is 457 g/mol. The molecule has 0 aliphatic rings. The molecule has 33 heavy (non-hydrogen) atoms. The summed E-state index contributed by atoms with van der Waals surface area (Å²) in [6.45, 7) is -0.299. The molecule has 2 atom stereocenters. The Balaban J connectivity index is 2.17. The minimum absolute atomic E-state index is 0.104. The second-order valence-electron chi connectivity index (χ2n) is 7.62. The zero-order valence-corrected chi connectivity index (χ0v) is 18.4. The van der Waals surface area contributed by atoms with Gasteiger partial charge >= 0.3 is 11.9 Å². The number of hydrogen-bond donors (Lipinski definition) is 4. The van der Waals surface area contributed by atoms with Crippen LogP contribution in [0.3, 0.4) is 0 Å². The average Bonchev–Trinajstić information content (AvgIpc) is 2.83. The highest BCUT2D eigenvalue weighted by atomic mass is 16.6. The lowest BCUT2D eigenvalue weighted by atomic mass is 9.79. The van der Waals surface area contributed by atoms with Crippen LogP contribution in [0.2, 0.25) is 0 Å². The van der Waals surface area contributed by atoms with E-state index in [1.54, 1.807) is 30.3 Å². The van der Waals surface area contributed by atoms with Crippen LogP contribution in [0, 0.1) is 5.41 Å². The number of Topliss-reactive ketones (excluding diaryl/α,β-unsaturated/α-hetero) is 1. The van der Waals surface area contributed by atoms with Crippen molar-refractivity contribution in [1.82, 2.24) is 5.48 Å². The minimum Gasteiger partial charge on any atom is -0.480 e. The van der Waals surface area contributed by atoms with Crippen molar-refractivity contribution in [2.75, 3.05) is 13.1 Å². The van der Waals surface area contributed by atoms with Crippen LogP contribution in [0.4, 0.5) is 0 Å². The van der Waals surface area contributed by atoms with E-state index in [2.05, 4.69) is 5.48 Å². The van der Waals surface area contributed by atoms with E-state index in [0.717, 1.165) is 5.56 Å². The third-order valence-electron chi connectivity index (χ3n) is 5.17. The largest absolute Gasteiger partial charge is 0.480 e. The predicted octanol–water partition coefficient (Wildman–Crippen LogP) is 1.55. The number of nitrogens with one attached hydrogen (secondary N) is 1. The van der Waals surface area contributed by atoms with Crippen LogP contribution in [0.1, 0.15) is 30.4 Å². The molecule has 0 aliphatic carbocycles. The number of carbonyl (C=O) groups is 3. The summed E-state index contributed by atoms with van der Waals surface area (Å²) < 4.78 is 5.26. The molecule has 6 N–H and O–H groups in total. The van der Waals surface area contributed by atoms with Gasteiger partial charge in [-0.1, -0.05) is 67.1 Å². The lowest BCUT2D eigenvalue weighted by molar-refractivity contribution is -0.175. The molecular formula is C24H31N3O6. The van der Waals surface area contributed by atoms with Crippen LogP contribution >= 0.6 is 0 Å². The molecule has 0 radical (unpaired) electrons. The summed E-state index contributed by atoms with van der Waals surface area (Å²) in [7, 11) is 0. The van der Waals surface area contributed by atoms with E-state index in [4.69, 9.17) is 21.0 Å². The van der Waals surface area contributed by atoms with E-state index >= 15 is 0 Å². The summed E-state index contributed by atoms with van der Waals surface area (Å²) >= 11 is 0. The summed E-state index contributed by atoms with van der Waals surface area (Å²) in [5, 5.41) is 10.0. The van der Waals surface area contributed by atoms with Crippen LogP contribution in [0.5, 0.6) is 0 Å². The van der Waals surface area contributed by atoms with Gasteiger partial charge in [0.05, 0.1) is 19.2 Å². The fourth-order valence-electron chi connectivity index (χ4n) is 3.20. The molecule has 2 rings (SSSR count). The van der Waals surface area contributed by atoms with Crippen molar-refractivity contribution in [2.24, 2.45) is 16.9 Å². The number of ketones is 1. The summed E-state index contributed by atoms with van der Waals surface area (Å²) in [5.41, 5.74) is 12.8. The third-order valence-corrected chi connectivity index (χ3v) is 5.17. The van der Waals surface area contributed by atoms with Crippen LogP contribution in [0.15, 0.2) is 60.7 Å². The molecule has 0 saturated heterocycles. The third kappa shape index (κ3) is 7.47. The lowest BCUT2D eigenvalue weighted by Crippen LogP contribution is -2.58. The number of unbranched alkanes of at least 4 members (excludes halogenated alkanes) is 1. The van der Waals surface area contributed by atoms with Gasteiger partial charge in [-0.2, -0.15) is 5.48 Å². The molecule has 0 aliphatic heterocycles. The minimum atomic E-state index is -2.56. The molecule has 0 bridgehead atoms. The second kappa shape index (κ2) is 13.4. The number of carboxylic acid groups (broad SMARTS) is 1. The van der Waals surface area contributed by atoms with E-state index in [1.165, 1.54) is 0 Å². The fraction of sp³-hybridized carbons (Fsp3) is 0.375. The molecule has 0 heterocycles. The number of nitrogens with two attached hydrogens (primary N) is 2. The number of rotatable bonds is 15. The molecule has 178 valence electrons. The summed E-state index contributed by atoms with van der Waals surface area (Å²) in [4.78, 5) is 43.9. The van der Waals surface area contributed by atoms with Gasteiger partial charge in [-0.15, -0.1) is 0 Å². The molecular weight excluding hydrogens is 426 g/mol. The van der Waals surface area contributed by atoms with Crippen LogP contribution in [-0.4, -0.2) is 42.0 Å². The maximum atomic E-state index is 13.2. The number of hydroxylamine groups is 1. The molecule has 1 unspecified atom stereocenters. The highest BCUT2D eigenvalue weighted by Gasteiger charge is 2.56. The zero-order chi connectivity index (χ0) is 24.1. The molecule has 0 amide bonds. The van der Waals surface area contributed by atoms with Gasteiger partial charge in [-0.25, -0.2) is 0 Å². The number of aliphatic carboxylic acids is 1. The summed E-state index contributed by atoms with van der Waals surface area (Å²) in [6, 6.07) is 16.7. The van der Waals surface area contributed by atoms with Crippen LogP contribution in [0.25, 0.3) is 0 Å². The van der Waals surface area contributed by atoms with Gasteiger partial charge in [0, 0.05) is 0 Å². The Morgan fingerprint density at radius 1 is 0.939 bits per heavy atom. The van der Waals surface area contributed by atoms with E-state index in [-0.39, 0.29) is 19.6 Å². The number of carboxylic acids is 1. The fourth-order valence-corrected chi connectivity index (χ4v) is 3.20. The molecule has 0 fully saturated rings. The Bertz CT molecular complexity index is 894. The number of esters is 1. The number of ether oxygens (including phenoxy) is 1. The summed E-state index contributed by atoms with van der Waals surface area (Å²) in [6.07, 6.45) is 1.34. The molecule has 0 spiro atoms.